The molecule has 2 heterocycles. The molecule has 0 aliphatic carbocycles. The maximum atomic E-state index is 11.8. The molecule has 0 aliphatic rings. The third-order valence-electron chi connectivity index (χ3n) is 3.29. The molecular weight excluding hydrogens is 304 g/mol. The maximum absolute atomic E-state index is 11.8. The lowest BCUT2D eigenvalue weighted by Gasteiger charge is -2.07. The zero-order valence-corrected chi connectivity index (χ0v) is 12.9. The molecule has 0 unspecified atom stereocenters. The Labute approximate surface area is 139 Å². The first-order valence-corrected chi connectivity index (χ1v) is 7.53. The van der Waals surface area contributed by atoms with Crippen LogP contribution in [0.25, 0.3) is 11.3 Å². The molecule has 0 radical (unpaired) electrons. The predicted octanol–water partition coefficient (Wildman–Crippen LogP) is 2.81. The van der Waals surface area contributed by atoms with Crippen molar-refractivity contribution in [1.29, 1.82) is 0 Å². The lowest BCUT2D eigenvalue weighted by atomic mass is 10.1. The highest BCUT2D eigenvalue weighted by molar-refractivity contribution is 5.89. The highest BCUT2D eigenvalue weighted by Gasteiger charge is 2.05. The Hall–Kier alpha value is -3.28. The van der Waals surface area contributed by atoms with E-state index in [2.05, 4.69) is 20.5 Å². The van der Waals surface area contributed by atoms with Crippen LogP contribution in [0.1, 0.15) is 10.4 Å². The van der Waals surface area contributed by atoms with Crippen molar-refractivity contribution >= 4 is 11.8 Å². The van der Waals surface area contributed by atoms with Gasteiger partial charge >= 0.3 is 5.97 Å². The predicted molar refractivity (Wildman–Crippen MR) is 90.5 cm³/mol. The van der Waals surface area contributed by atoms with E-state index in [0.29, 0.717) is 17.9 Å². The van der Waals surface area contributed by atoms with Gasteiger partial charge in [0.2, 0.25) is 0 Å². The first-order valence-electron chi connectivity index (χ1n) is 7.53. The van der Waals surface area contributed by atoms with E-state index in [-0.39, 0.29) is 12.6 Å². The van der Waals surface area contributed by atoms with Crippen LogP contribution >= 0.6 is 0 Å². The molecule has 24 heavy (non-hydrogen) atoms. The number of carbonyl (C=O) groups is 1. The standard InChI is InChI=1S/C18H16N4O2/c23-18(15-8-10-19-11-9-15)24-13-12-20-17-7-6-16(21-22-17)14-4-2-1-3-5-14/h1-11H,12-13H2,(H,20,22). The van der Waals surface area contributed by atoms with Gasteiger partial charge in [0.25, 0.3) is 0 Å². The first-order chi connectivity index (χ1) is 11.8. The Morgan fingerprint density at radius 2 is 1.75 bits per heavy atom. The zero-order chi connectivity index (χ0) is 16.6. The van der Waals surface area contributed by atoms with Gasteiger partial charge in [-0.25, -0.2) is 4.79 Å². The van der Waals surface area contributed by atoms with Crippen molar-refractivity contribution in [2.75, 3.05) is 18.5 Å². The number of pyridine rings is 1. The maximum Gasteiger partial charge on any atom is 0.338 e. The molecule has 3 rings (SSSR count). The minimum Gasteiger partial charge on any atom is -0.460 e. The third kappa shape index (κ3) is 4.13. The Morgan fingerprint density at radius 3 is 2.46 bits per heavy atom. The Morgan fingerprint density at radius 1 is 0.958 bits per heavy atom. The summed E-state index contributed by atoms with van der Waals surface area (Å²) < 4.78 is 5.17. The molecular formula is C18H16N4O2. The summed E-state index contributed by atoms with van der Waals surface area (Å²) in [6.45, 7) is 0.694. The molecule has 0 saturated carbocycles. The van der Waals surface area contributed by atoms with E-state index in [4.69, 9.17) is 4.74 Å². The second kappa shape index (κ2) is 7.82. The van der Waals surface area contributed by atoms with Crippen LogP contribution in [0.5, 0.6) is 0 Å². The molecule has 6 heteroatoms. The van der Waals surface area contributed by atoms with Gasteiger partial charge in [-0.05, 0) is 24.3 Å². The summed E-state index contributed by atoms with van der Waals surface area (Å²) in [5.41, 5.74) is 2.31. The van der Waals surface area contributed by atoms with Crippen LogP contribution in [0.3, 0.4) is 0 Å². The normalized spacial score (nSPS) is 10.2. The second-order valence-electron chi connectivity index (χ2n) is 4.97. The molecule has 6 nitrogen and oxygen atoms in total. The molecule has 120 valence electrons. The summed E-state index contributed by atoms with van der Waals surface area (Å²) in [7, 11) is 0. The van der Waals surface area contributed by atoms with E-state index in [1.54, 1.807) is 24.5 Å². The van der Waals surface area contributed by atoms with Crippen LogP contribution in [-0.4, -0.2) is 34.3 Å². The van der Waals surface area contributed by atoms with Crippen molar-refractivity contribution in [2.45, 2.75) is 0 Å². The fraction of sp³-hybridized carbons (Fsp3) is 0.111. The fourth-order valence-electron chi connectivity index (χ4n) is 2.08. The van der Waals surface area contributed by atoms with E-state index in [1.165, 1.54) is 0 Å². The number of ether oxygens (including phenoxy) is 1. The summed E-state index contributed by atoms with van der Waals surface area (Å²) in [5.74, 6) is 0.263. The quantitative estimate of drug-likeness (QED) is 0.556. The average molecular weight is 320 g/mol. The molecule has 0 amide bonds. The summed E-state index contributed by atoms with van der Waals surface area (Å²) in [5, 5.41) is 11.4. The van der Waals surface area contributed by atoms with Crippen molar-refractivity contribution < 1.29 is 9.53 Å². The molecule has 0 bridgehead atoms. The molecule has 0 atom stereocenters. The van der Waals surface area contributed by atoms with E-state index in [0.717, 1.165) is 11.3 Å². The first kappa shape index (κ1) is 15.6. The Kier molecular flexibility index (Phi) is 5.09. The number of nitrogens with zero attached hydrogens (tertiary/aromatic N) is 3. The SMILES string of the molecule is O=C(OCCNc1ccc(-c2ccccc2)nn1)c1ccncc1. The number of rotatable bonds is 6. The second-order valence-corrected chi connectivity index (χ2v) is 4.97. The van der Waals surface area contributed by atoms with Gasteiger partial charge < -0.3 is 10.1 Å². The minimum atomic E-state index is -0.371. The van der Waals surface area contributed by atoms with E-state index in [1.807, 2.05) is 42.5 Å². The minimum absolute atomic E-state index is 0.239. The zero-order valence-electron chi connectivity index (χ0n) is 12.9. The molecule has 0 aliphatic heterocycles. The van der Waals surface area contributed by atoms with Gasteiger partial charge in [0.1, 0.15) is 12.4 Å². The lowest BCUT2D eigenvalue weighted by molar-refractivity contribution is 0.0520. The molecule has 3 aromatic rings. The molecule has 0 spiro atoms. The van der Waals surface area contributed by atoms with Crippen LogP contribution < -0.4 is 5.32 Å². The number of anilines is 1. The topological polar surface area (TPSA) is 77.0 Å². The number of hydrogen-bond donors (Lipinski definition) is 1. The highest BCUT2D eigenvalue weighted by atomic mass is 16.5. The average Bonchev–Trinajstić information content (AvgIpc) is 2.67. The largest absolute Gasteiger partial charge is 0.460 e. The molecule has 1 aromatic carbocycles. The van der Waals surface area contributed by atoms with Gasteiger partial charge in [-0.1, -0.05) is 30.3 Å². The lowest BCUT2D eigenvalue weighted by Crippen LogP contribution is -2.14. The number of esters is 1. The molecule has 2 aromatic heterocycles. The Bertz CT molecular complexity index is 777. The van der Waals surface area contributed by atoms with E-state index in [9.17, 15) is 4.79 Å². The number of benzene rings is 1. The van der Waals surface area contributed by atoms with Gasteiger partial charge in [-0.15, -0.1) is 10.2 Å². The van der Waals surface area contributed by atoms with Crippen LogP contribution in [0.15, 0.2) is 67.0 Å². The Balaban J connectivity index is 1.46. The summed E-state index contributed by atoms with van der Waals surface area (Å²) in [6, 6.07) is 16.8. The molecule has 0 saturated heterocycles. The van der Waals surface area contributed by atoms with E-state index < -0.39 is 0 Å². The number of hydrogen-bond acceptors (Lipinski definition) is 6. The van der Waals surface area contributed by atoms with Crippen LogP contribution in [0, 0.1) is 0 Å². The molecule has 1 N–H and O–H groups in total. The summed E-state index contributed by atoms with van der Waals surface area (Å²) in [4.78, 5) is 15.6. The van der Waals surface area contributed by atoms with Gasteiger partial charge in [0.05, 0.1) is 17.8 Å². The van der Waals surface area contributed by atoms with Crippen LogP contribution in [-0.2, 0) is 4.74 Å². The number of nitrogens with one attached hydrogen (secondary N) is 1. The smallest absolute Gasteiger partial charge is 0.338 e. The van der Waals surface area contributed by atoms with Crippen LogP contribution in [0.4, 0.5) is 5.82 Å². The van der Waals surface area contributed by atoms with Gasteiger partial charge in [-0.3, -0.25) is 4.98 Å². The number of carbonyl (C=O) groups excluding carboxylic acids is 1. The van der Waals surface area contributed by atoms with Gasteiger partial charge in [0.15, 0.2) is 0 Å². The number of aromatic nitrogens is 3. The fourth-order valence-corrected chi connectivity index (χ4v) is 2.08. The summed E-state index contributed by atoms with van der Waals surface area (Å²) in [6.07, 6.45) is 3.11. The van der Waals surface area contributed by atoms with Gasteiger partial charge in [0, 0.05) is 18.0 Å². The van der Waals surface area contributed by atoms with Crippen LogP contribution in [0.2, 0.25) is 0 Å². The van der Waals surface area contributed by atoms with Crippen molar-refractivity contribution in [3.63, 3.8) is 0 Å². The third-order valence-corrected chi connectivity index (χ3v) is 3.29. The van der Waals surface area contributed by atoms with E-state index >= 15 is 0 Å². The van der Waals surface area contributed by atoms with Gasteiger partial charge in [-0.2, -0.15) is 0 Å². The van der Waals surface area contributed by atoms with Crippen molar-refractivity contribution in [1.82, 2.24) is 15.2 Å². The van der Waals surface area contributed by atoms with Crippen molar-refractivity contribution in [3.05, 3.63) is 72.6 Å². The monoisotopic (exact) mass is 320 g/mol. The van der Waals surface area contributed by atoms with Crippen molar-refractivity contribution in [2.24, 2.45) is 0 Å². The highest BCUT2D eigenvalue weighted by Crippen LogP contribution is 2.16. The summed E-state index contributed by atoms with van der Waals surface area (Å²) >= 11 is 0. The molecule has 0 fully saturated rings. The van der Waals surface area contributed by atoms with Crippen molar-refractivity contribution in [3.8, 4) is 11.3 Å².